The summed E-state index contributed by atoms with van der Waals surface area (Å²) in [5.74, 6) is -0.139. The molecular weight excluding hydrogens is 515 g/mol. The fourth-order valence-electron chi connectivity index (χ4n) is 5.01. The van der Waals surface area contributed by atoms with Crippen LogP contribution in [0.2, 0.25) is 0 Å². The second-order valence-electron chi connectivity index (χ2n) is 9.38. The predicted molar refractivity (Wildman–Crippen MR) is 137 cm³/mol. The molecule has 0 atom stereocenters. The molecule has 0 radical (unpaired) electrons. The van der Waals surface area contributed by atoms with Crippen LogP contribution in [0.1, 0.15) is 28.8 Å². The Bertz CT molecular complexity index is 1560. The third kappa shape index (κ3) is 4.87. The van der Waals surface area contributed by atoms with Crippen molar-refractivity contribution < 1.29 is 22.9 Å². The number of amides is 1. The van der Waals surface area contributed by atoms with Crippen LogP contribution in [0, 0.1) is 10.1 Å². The van der Waals surface area contributed by atoms with E-state index in [9.17, 15) is 28.1 Å². The summed E-state index contributed by atoms with van der Waals surface area (Å²) in [4.78, 5) is 26.5. The van der Waals surface area contributed by atoms with Crippen LogP contribution in [0.15, 0.2) is 54.7 Å². The lowest BCUT2D eigenvalue weighted by Gasteiger charge is -2.37. The molecule has 202 valence electrons. The number of carbonyl (C=O) groups is 1. The number of hydrogen-bond acceptors (Lipinski definition) is 7. The Morgan fingerprint density at radius 1 is 1.08 bits per heavy atom. The maximum absolute atomic E-state index is 13.6. The minimum absolute atomic E-state index is 0.321. The van der Waals surface area contributed by atoms with E-state index in [2.05, 4.69) is 20.2 Å². The van der Waals surface area contributed by atoms with Crippen LogP contribution >= 0.6 is 0 Å². The van der Waals surface area contributed by atoms with Gasteiger partial charge in [0.15, 0.2) is 5.82 Å². The smallest absolute Gasteiger partial charge is 0.354 e. The van der Waals surface area contributed by atoms with Gasteiger partial charge in [0.05, 0.1) is 21.7 Å². The molecule has 1 fully saturated rings. The highest BCUT2D eigenvalue weighted by Crippen LogP contribution is 2.36. The maximum Gasteiger partial charge on any atom is 0.417 e. The summed E-state index contributed by atoms with van der Waals surface area (Å²) in [5.41, 5.74) is -1.12. The number of aromatic nitrogens is 4. The van der Waals surface area contributed by atoms with Crippen LogP contribution < -0.4 is 4.90 Å². The van der Waals surface area contributed by atoms with Gasteiger partial charge < -0.3 is 9.80 Å². The van der Waals surface area contributed by atoms with Crippen molar-refractivity contribution in [3.8, 4) is 11.4 Å². The number of halogens is 3. The molecule has 10 nitrogen and oxygen atoms in total. The third-order valence-corrected chi connectivity index (χ3v) is 7.11. The Labute approximate surface area is 220 Å². The van der Waals surface area contributed by atoms with Crippen molar-refractivity contribution in [2.24, 2.45) is 7.05 Å². The van der Waals surface area contributed by atoms with E-state index in [-0.39, 0.29) is 6.04 Å². The summed E-state index contributed by atoms with van der Waals surface area (Å²) < 4.78 is 42.7. The first-order valence-electron chi connectivity index (χ1n) is 12.2. The molecule has 0 saturated carbocycles. The minimum Gasteiger partial charge on any atom is -0.354 e. The van der Waals surface area contributed by atoms with Gasteiger partial charge in [0.2, 0.25) is 0 Å². The molecule has 0 N–H and O–H groups in total. The fraction of sp³-hybridized carbons (Fsp3) is 0.308. The first kappa shape index (κ1) is 26.1. The molecule has 0 aliphatic carbocycles. The lowest BCUT2D eigenvalue weighted by molar-refractivity contribution is -0.385. The topological polar surface area (TPSA) is 110 Å². The van der Waals surface area contributed by atoms with Crippen molar-refractivity contribution in [3.63, 3.8) is 0 Å². The van der Waals surface area contributed by atoms with Gasteiger partial charge in [-0.3, -0.25) is 19.6 Å². The standard InChI is InChI=1S/C26H24F3N7O3/c1-33(25(37)20-8-7-17(36(38)39)15-21(20)26(27,28)29)16-10-13-35(14-11-16)24-19-6-4-3-5-18(19)23(31-32-24)22-9-12-30-34(22)2/h3-9,12,15-16H,10-11,13-14H2,1-2H3. The fourth-order valence-corrected chi connectivity index (χ4v) is 5.01. The molecule has 13 heteroatoms. The number of nitro benzene ring substituents is 1. The summed E-state index contributed by atoms with van der Waals surface area (Å²) in [6, 6.07) is 11.5. The first-order chi connectivity index (χ1) is 18.6. The van der Waals surface area contributed by atoms with Crippen molar-refractivity contribution >= 4 is 28.2 Å². The van der Waals surface area contributed by atoms with Crippen LogP contribution in [0.25, 0.3) is 22.2 Å². The van der Waals surface area contributed by atoms with E-state index in [0.717, 1.165) is 28.6 Å². The highest BCUT2D eigenvalue weighted by atomic mass is 19.4. The molecule has 1 aliphatic heterocycles. The third-order valence-electron chi connectivity index (χ3n) is 7.11. The zero-order valence-corrected chi connectivity index (χ0v) is 21.1. The molecule has 4 aromatic rings. The molecule has 1 aliphatic rings. The average molecular weight is 540 g/mol. The Balaban J connectivity index is 1.36. The lowest BCUT2D eigenvalue weighted by Crippen LogP contribution is -2.46. The van der Waals surface area contributed by atoms with E-state index in [1.807, 2.05) is 37.4 Å². The molecule has 0 bridgehead atoms. The number of alkyl halides is 3. The Kier molecular flexibility index (Phi) is 6.66. The summed E-state index contributed by atoms with van der Waals surface area (Å²) in [5, 5.41) is 26.0. The van der Waals surface area contributed by atoms with Gasteiger partial charge in [-0.25, -0.2) is 0 Å². The van der Waals surface area contributed by atoms with Crippen molar-refractivity contribution in [3.05, 3.63) is 76.0 Å². The number of fused-ring (bicyclic) bond motifs is 1. The molecule has 5 rings (SSSR count). The van der Waals surface area contributed by atoms with Crippen molar-refractivity contribution in [2.75, 3.05) is 25.0 Å². The number of nitrogens with zero attached hydrogens (tertiary/aromatic N) is 7. The second-order valence-corrected chi connectivity index (χ2v) is 9.38. The number of benzene rings is 2. The number of nitro groups is 1. The van der Waals surface area contributed by atoms with Crippen LogP contribution in [-0.2, 0) is 13.2 Å². The number of piperidine rings is 1. The number of carbonyl (C=O) groups excluding carboxylic acids is 1. The Morgan fingerprint density at radius 3 is 2.38 bits per heavy atom. The quantitative estimate of drug-likeness (QED) is 0.267. The first-order valence-corrected chi connectivity index (χ1v) is 12.2. The highest BCUT2D eigenvalue weighted by Gasteiger charge is 2.38. The van der Waals surface area contributed by atoms with Gasteiger partial charge in [0.25, 0.3) is 11.6 Å². The van der Waals surface area contributed by atoms with Gasteiger partial charge in [0.1, 0.15) is 5.69 Å². The SMILES string of the molecule is CN(C(=O)c1ccc([N+](=O)[O-])cc1C(F)(F)F)C1CCN(c2nnc(-c3ccnn3C)c3ccccc23)CC1. The minimum atomic E-state index is -4.91. The molecule has 0 spiro atoms. The normalized spacial score (nSPS) is 14.5. The lowest BCUT2D eigenvalue weighted by atomic mass is 9.99. The van der Waals surface area contributed by atoms with E-state index >= 15 is 0 Å². The summed E-state index contributed by atoms with van der Waals surface area (Å²) in [6.45, 7) is 1.02. The number of hydrogen-bond donors (Lipinski definition) is 0. The molecule has 1 saturated heterocycles. The predicted octanol–water partition coefficient (Wildman–Crippen LogP) is 4.70. The second kappa shape index (κ2) is 9.97. The number of anilines is 1. The largest absolute Gasteiger partial charge is 0.417 e. The van der Waals surface area contributed by atoms with E-state index in [1.165, 1.54) is 11.9 Å². The van der Waals surface area contributed by atoms with Crippen molar-refractivity contribution in [1.82, 2.24) is 24.9 Å². The molecule has 1 amide bonds. The molecule has 3 heterocycles. The highest BCUT2D eigenvalue weighted by molar-refractivity contribution is 6.00. The number of non-ortho nitro benzene ring substituents is 1. The Morgan fingerprint density at radius 2 is 1.77 bits per heavy atom. The summed E-state index contributed by atoms with van der Waals surface area (Å²) in [6.07, 6.45) is -2.23. The van der Waals surface area contributed by atoms with Crippen LogP contribution in [0.5, 0.6) is 0 Å². The van der Waals surface area contributed by atoms with Gasteiger partial charge in [-0.1, -0.05) is 24.3 Å². The number of aryl methyl sites for hydroxylation is 1. The van der Waals surface area contributed by atoms with E-state index < -0.39 is 33.8 Å². The van der Waals surface area contributed by atoms with Crippen LogP contribution in [0.4, 0.5) is 24.7 Å². The van der Waals surface area contributed by atoms with Gasteiger partial charge >= 0.3 is 6.18 Å². The maximum atomic E-state index is 13.6. The van der Waals surface area contributed by atoms with Crippen LogP contribution in [-0.4, -0.2) is 61.9 Å². The molecule has 39 heavy (non-hydrogen) atoms. The molecule has 2 aromatic heterocycles. The van der Waals surface area contributed by atoms with Gasteiger partial charge in [-0.15, -0.1) is 10.2 Å². The summed E-state index contributed by atoms with van der Waals surface area (Å²) >= 11 is 0. The van der Waals surface area contributed by atoms with Gasteiger partial charge in [-0.2, -0.15) is 18.3 Å². The summed E-state index contributed by atoms with van der Waals surface area (Å²) in [7, 11) is 3.29. The average Bonchev–Trinajstić information content (AvgIpc) is 3.36. The van der Waals surface area contributed by atoms with E-state index in [4.69, 9.17) is 0 Å². The van der Waals surface area contributed by atoms with Gasteiger partial charge in [-0.05, 0) is 25.0 Å². The zero-order valence-electron chi connectivity index (χ0n) is 21.1. The molecular formula is C26H24F3N7O3. The monoisotopic (exact) mass is 539 g/mol. The Hall–Kier alpha value is -4.55. The van der Waals surface area contributed by atoms with Crippen molar-refractivity contribution in [2.45, 2.75) is 25.1 Å². The molecule has 0 unspecified atom stereocenters. The molecule has 2 aromatic carbocycles. The van der Waals surface area contributed by atoms with Crippen LogP contribution in [0.3, 0.4) is 0 Å². The zero-order chi connectivity index (χ0) is 27.9. The van der Waals surface area contributed by atoms with E-state index in [0.29, 0.717) is 43.5 Å². The van der Waals surface area contributed by atoms with Crippen molar-refractivity contribution in [1.29, 1.82) is 0 Å². The van der Waals surface area contributed by atoms with E-state index in [1.54, 1.807) is 10.9 Å². The van der Waals surface area contributed by atoms with Gasteiger partial charge in [0, 0.05) is 62.3 Å². The number of rotatable bonds is 5.